The van der Waals surface area contributed by atoms with Gasteiger partial charge in [0.25, 0.3) is 0 Å². The highest BCUT2D eigenvalue weighted by Gasteiger charge is 2.32. The first-order valence-corrected chi connectivity index (χ1v) is 6.66. The third-order valence-corrected chi connectivity index (χ3v) is 2.82. The van der Waals surface area contributed by atoms with Crippen LogP contribution in [0.4, 0.5) is 0 Å². The van der Waals surface area contributed by atoms with E-state index >= 15 is 0 Å². The normalized spacial score (nSPS) is 15.7. The molecular weight excluding hydrogens is 230 g/mol. The minimum Gasteiger partial charge on any atom is -0.480 e. The van der Waals surface area contributed by atoms with Crippen molar-refractivity contribution in [3.8, 4) is 0 Å². The van der Waals surface area contributed by atoms with Gasteiger partial charge in [-0.1, -0.05) is 20.8 Å². The fourth-order valence-corrected chi connectivity index (χ4v) is 1.63. The number of ether oxygens (including phenoxy) is 1. The Hall–Kier alpha value is -0.610. The summed E-state index contributed by atoms with van der Waals surface area (Å²) in [5.74, 6) is -0.823. The van der Waals surface area contributed by atoms with Gasteiger partial charge < -0.3 is 9.84 Å². The molecule has 0 rings (SSSR count). The Kier molecular flexibility index (Phi) is 6.86. The van der Waals surface area contributed by atoms with Gasteiger partial charge in [-0.05, 0) is 39.0 Å². The van der Waals surface area contributed by atoms with E-state index in [2.05, 4.69) is 26.1 Å². The first kappa shape index (κ1) is 17.4. The lowest BCUT2D eigenvalue weighted by atomic mass is 9.93. The highest BCUT2D eigenvalue weighted by molar-refractivity contribution is 5.78. The van der Waals surface area contributed by atoms with Crippen molar-refractivity contribution in [3.05, 3.63) is 0 Å². The van der Waals surface area contributed by atoms with E-state index in [1.54, 1.807) is 6.92 Å². The molecule has 0 saturated heterocycles. The SMILES string of the molecule is CC(C)NC(C)(CCOCCC(C)(C)C)C(=O)O. The predicted molar refractivity (Wildman–Crippen MR) is 73.8 cm³/mol. The Bertz CT molecular complexity index is 258. The number of aliphatic carboxylic acids is 1. The van der Waals surface area contributed by atoms with Gasteiger partial charge in [0.05, 0.1) is 0 Å². The zero-order valence-electron chi connectivity index (χ0n) is 12.7. The summed E-state index contributed by atoms with van der Waals surface area (Å²) in [6, 6.07) is 0.140. The Morgan fingerprint density at radius 2 is 1.67 bits per heavy atom. The van der Waals surface area contributed by atoms with Crippen molar-refractivity contribution < 1.29 is 14.6 Å². The van der Waals surface area contributed by atoms with Crippen LogP contribution in [0.2, 0.25) is 0 Å². The van der Waals surface area contributed by atoms with Gasteiger partial charge in [-0.2, -0.15) is 0 Å². The van der Waals surface area contributed by atoms with Crippen LogP contribution in [0.25, 0.3) is 0 Å². The number of hydrogen-bond donors (Lipinski definition) is 2. The number of rotatable bonds is 8. The van der Waals surface area contributed by atoms with Crippen molar-refractivity contribution in [1.29, 1.82) is 0 Å². The molecule has 108 valence electrons. The van der Waals surface area contributed by atoms with E-state index in [1.807, 2.05) is 13.8 Å². The van der Waals surface area contributed by atoms with Crippen molar-refractivity contribution in [3.63, 3.8) is 0 Å². The molecule has 0 saturated carbocycles. The number of carboxylic acid groups (broad SMARTS) is 1. The third-order valence-electron chi connectivity index (χ3n) is 2.82. The lowest BCUT2D eigenvalue weighted by Crippen LogP contribution is -2.53. The van der Waals surface area contributed by atoms with Crippen LogP contribution >= 0.6 is 0 Å². The fourth-order valence-electron chi connectivity index (χ4n) is 1.63. The lowest BCUT2D eigenvalue weighted by molar-refractivity contribution is -0.145. The molecule has 4 nitrogen and oxygen atoms in total. The maximum absolute atomic E-state index is 11.3. The van der Waals surface area contributed by atoms with Crippen LogP contribution in [0.1, 0.15) is 54.4 Å². The first-order valence-electron chi connectivity index (χ1n) is 6.66. The van der Waals surface area contributed by atoms with Gasteiger partial charge in [-0.3, -0.25) is 10.1 Å². The highest BCUT2D eigenvalue weighted by atomic mass is 16.5. The van der Waals surface area contributed by atoms with Crippen LogP contribution in [0, 0.1) is 5.41 Å². The molecule has 0 spiro atoms. The maximum Gasteiger partial charge on any atom is 0.323 e. The molecule has 0 aliphatic rings. The van der Waals surface area contributed by atoms with Crippen molar-refractivity contribution in [2.75, 3.05) is 13.2 Å². The van der Waals surface area contributed by atoms with E-state index in [9.17, 15) is 9.90 Å². The standard InChI is InChI=1S/C14H29NO3/c1-11(2)15-14(6,12(16)17)8-10-18-9-7-13(3,4)5/h11,15H,7-10H2,1-6H3,(H,16,17). The fraction of sp³-hybridized carbons (Fsp3) is 0.929. The second kappa shape index (κ2) is 7.10. The van der Waals surface area contributed by atoms with Gasteiger partial charge in [-0.15, -0.1) is 0 Å². The van der Waals surface area contributed by atoms with Crippen LogP contribution in [0.5, 0.6) is 0 Å². The smallest absolute Gasteiger partial charge is 0.323 e. The van der Waals surface area contributed by atoms with Gasteiger partial charge in [0, 0.05) is 19.3 Å². The van der Waals surface area contributed by atoms with Crippen LogP contribution in [-0.2, 0) is 9.53 Å². The summed E-state index contributed by atoms with van der Waals surface area (Å²) in [6.45, 7) is 13.2. The third kappa shape index (κ3) is 7.67. The number of nitrogens with one attached hydrogen (secondary N) is 1. The molecule has 0 heterocycles. The van der Waals surface area contributed by atoms with Gasteiger partial charge in [0.15, 0.2) is 0 Å². The maximum atomic E-state index is 11.3. The summed E-state index contributed by atoms with van der Waals surface area (Å²) in [6.07, 6.45) is 1.46. The van der Waals surface area contributed by atoms with E-state index in [-0.39, 0.29) is 11.5 Å². The van der Waals surface area contributed by atoms with Crippen molar-refractivity contribution in [2.45, 2.75) is 66.0 Å². The summed E-state index contributed by atoms with van der Waals surface area (Å²) >= 11 is 0. The molecule has 1 unspecified atom stereocenters. The monoisotopic (exact) mass is 259 g/mol. The average molecular weight is 259 g/mol. The molecule has 0 aliphatic heterocycles. The number of carboxylic acids is 1. The molecule has 0 aromatic heterocycles. The van der Waals surface area contributed by atoms with Crippen LogP contribution in [0.15, 0.2) is 0 Å². The molecule has 0 aromatic carbocycles. The minimum atomic E-state index is -0.907. The summed E-state index contributed by atoms with van der Waals surface area (Å²) in [5.41, 5.74) is -0.651. The van der Waals surface area contributed by atoms with E-state index in [0.29, 0.717) is 19.6 Å². The Balaban J connectivity index is 4.03. The van der Waals surface area contributed by atoms with Gasteiger partial charge >= 0.3 is 5.97 Å². The van der Waals surface area contributed by atoms with Crippen molar-refractivity contribution in [1.82, 2.24) is 5.32 Å². The Morgan fingerprint density at radius 1 is 1.17 bits per heavy atom. The minimum absolute atomic E-state index is 0.140. The molecule has 4 heteroatoms. The Labute approximate surface area is 111 Å². The van der Waals surface area contributed by atoms with Gasteiger partial charge in [0.1, 0.15) is 5.54 Å². The second-order valence-corrected chi connectivity index (χ2v) is 6.61. The van der Waals surface area contributed by atoms with E-state index in [4.69, 9.17) is 4.74 Å². The van der Waals surface area contributed by atoms with Crippen LogP contribution in [-0.4, -0.2) is 35.9 Å². The molecule has 0 amide bonds. The number of carbonyl (C=O) groups is 1. The van der Waals surface area contributed by atoms with Gasteiger partial charge in [0.2, 0.25) is 0 Å². The zero-order valence-corrected chi connectivity index (χ0v) is 12.7. The predicted octanol–water partition coefficient (Wildman–Crippen LogP) is 2.67. The molecule has 0 bridgehead atoms. The Morgan fingerprint density at radius 3 is 2.06 bits per heavy atom. The van der Waals surface area contributed by atoms with Crippen LogP contribution < -0.4 is 5.32 Å². The van der Waals surface area contributed by atoms with E-state index < -0.39 is 11.5 Å². The molecular formula is C14H29NO3. The quantitative estimate of drug-likeness (QED) is 0.658. The second-order valence-electron chi connectivity index (χ2n) is 6.61. The van der Waals surface area contributed by atoms with Crippen LogP contribution in [0.3, 0.4) is 0 Å². The van der Waals surface area contributed by atoms with Gasteiger partial charge in [-0.25, -0.2) is 0 Å². The van der Waals surface area contributed by atoms with E-state index in [0.717, 1.165) is 6.42 Å². The molecule has 2 N–H and O–H groups in total. The summed E-state index contributed by atoms with van der Waals surface area (Å²) < 4.78 is 5.53. The molecule has 0 radical (unpaired) electrons. The summed E-state index contributed by atoms with van der Waals surface area (Å²) in [5, 5.41) is 12.3. The molecule has 0 aliphatic carbocycles. The molecule has 0 fully saturated rings. The number of hydrogen-bond acceptors (Lipinski definition) is 3. The molecule has 18 heavy (non-hydrogen) atoms. The summed E-state index contributed by atoms with van der Waals surface area (Å²) in [7, 11) is 0. The summed E-state index contributed by atoms with van der Waals surface area (Å²) in [4.78, 5) is 11.3. The largest absolute Gasteiger partial charge is 0.480 e. The topological polar surface area (TPSA) is 58.6 Å². The first-order chi connectivity index (χ1) is 8.07. The van der Waals surface area contributed by atoms with Crippen molar-refractivity contribution >= 4 is 5.97 Å². The lowest BCUT2D eigenvalue weighted by Gasteiger charge is -2.28. The average Bonchev–Trinajstić information content (AvgIpc) is 2.13. The zero-order chi connectivity index (χ0) is 14.4. The van der Waals surface area contributed by atoms with Crippen molar-refractivity contribution in [2.24, 2.45) is 5.41 Å². The molecule has 0 aromatic rings. The highest BCUT2D eigenvalue weighted by Crippen LogP contribution is 2.18. The molecule has 1 atom stereocenters. The van der Waals surface area contributed by atoms with E-state index in [1.165, 1.54) is 0 Å².